The number of hydrogen-bond acceptors (Lipinski definition) is 3. The van der Waals surface area contributed by atoms with Crippen LogP contribution in [0.1, 0.15) is 16.9 Å². The first-order valence-electron chi connectivity index (χ1n) is 7.28. The number of anilines is 1. The van der Waals surface area contributed by atoms with Crippen LogP contribution in [0.15, 0.2) is 46.9 Å². The van der Waals surface area contributed by atoms with Gasteiger partial charge in [-0.05, 0) is 36.8 Å². The van der Waals surface area contributed by atoms with E-state index in [1.54, 1.807) is 0 Å². The molecule has 106 valence electrons. The van der Waals surface area contributed by atoms with Crippen molar-refractivity contribution >= 4 is 16.7 Å². The number of fused-ring (bicyclic) bond motifs is 2. The van der Waals surface area contributed by atoms with Crippen molar-refractivity contribution in [2.24, 2.45) is 0 Å². The number of nitrogens with one attached hydrogen (secondary N) is 1. The minimum atomic E-state index is 0.766. The Balaban J connectivity index is 1.60. The molecule has 1 aliphatic rings. The zero-order valence-corrected chi connectivity index (χ0v) is 12.0. The van der Waals surface area contributed by atoms with Gasteiger partial charge in [0, 0.05) is 29.6 Å². The highest BCUT2D eigenvalue weighted by Crippen LogP contribution is 2.29. The molecule has 0 atom stereocenters. The van der Waals surface area contributed by atoms with Gasteiger partial charge in [-0.1, -0.05) is 18.2 Å². The van der Waals surface area contributed by atoms with Crippen molar-refractivity contribution in [3.8, 4) is 5.75 Å². The molecule has 0 saturated heterocycles. The average Bonchev–Trinajstić information content (AvgIpc) is 3.08. The third-order valence-electron chi connectivity index (χ3n) is 4.06. The maximum Gasteiger partial charge on any atom is 0.134 e. The quantitative estimate of drug-likeness (QED) is 0.776. The predicted octanol–water partition coefficient (Wildman–Crippen LogP) is 4.29. The molecule has 0 bridgehead atoms. The Bertz CT molecular complexity index is 804. The summed E-state index contributed by atoms with van der Waals surface area (Å²) < 4.78 is 11.3. The van der Waals surface area contributed by atoms with E-state index >= 15 is 0 Å². The molecule has 0 unspecified atom stereocenters. The maximum atomic E-state index is 5.80. The molecule has 0 amide bonds. The van der Waals surface area contributed by atoms with Crippen LogP contribution in [0.2, 0.25) is 0 Å². The molecular weight excluding hydrogens is 262 g/mol. The first-order valence-corrected chi connectivity index (χ1v) is 7.28. The van der Waals surface area contributed by atoms with E-state index in [0.29, 0.717) is 0 Å². The van der Waals surface area contributed by atoms with Crippen molar-refractivity contribution in [2.45, 2.75) is 19.9 Å². The molecule has 2 aromatic carbocycles. The van der Waals surface area contributed by atoms with Crippen LogP contribution in [0.3, 0.4) is 0 Å². The summed E-state index contributed by atoms with van der Waals surface area (Å²) in [6.07, 6.45) is 0.999. The maximum absolute atomic E-state index is 5.80. The van der Waals surface area contributed by atoms with Crippen LogP contribution in [-0.4, -0.2) is 6.61 Å². The van der Waals surface area contributed by atoms with Gasteiger partial charge >= 0.3 is 0 Å². The zero-order chi connectivity index (χ0) is 14.2. The van der Waals surface area contributed by atoms with Crippen LogP contribution in [0, 0.1) is 6.92 Å². The molecule has 0 fully saturated rings. The second-order valence-electron chi connectivity index (χ2n) is 5.41. The summed E-state index contributed by atoms with van der Waals surface area (Å²) in [6.45, 7) is 3.58. The first kappa shape index (κ1) is 12.3. The second kappa shape index (κ2) is 4.85. The van der Waals surface area contributed by atoms with Gasteiger partial charge in [0.1, 0.15) is 17.1 Å². The standard InChI is InChI=1S/C18H17NO2/c1-12-16(15-4-2-3-5-18(15)21-12)11-19-14-6-7-17-13(10-14)8-9-20-17/h2-7,10,19H,8-9,11H2,1H3. The fourth-order valence-electron chi connectivity index (χ4n) is 2.93. The number of ether oxygens (including phenoxy) is 1. The summed E-state index contributed by atoms with van der Waals surface area (Å²) in [5.74, 6) is 2.00. The smallest absolute Gasteiger partial charge is 0.134 e. The number of rotatable bonds is 3. The number of para-hydroxylation sites is 1. The van der Waals surface area contributed by atoms with E-state index in [-0.39, 0.29) is 0 Å². The molecule has 4 rings (SSSR count). The summed E-state index contributed by atoms with van der Waals surface area (Å²) >= 11 is 0. The molecule has 0 aliphatic carbocycles. The van der Waals surface area contributed by atoms with E-state index in [4.69, 9.17) is 9.15 Å². The van der Waals surface area contributed by atoms with E-state index in [9.17, 15) is 0 Å². The second-order valence-corrected chi connectivity index (χ2v) is 5.41. The topological polar surface area (TPSA) is 34.4 Å². The molecule has 1 N–H and O–H groups in total. The summed E-state index contributed by atoms with van der Waals surface area (Å²) in [6, 6.07) is 14.5. The van der Waals surface area contributed by atoms with Gasteiger partial charge in [0.25, 0.3) is 0 Å². The van der Waals surface area contributed by atoms with E-state index in [1.165, 1.54) is 16.5 Å². The minimum absolute atomic E-state index is 0.766. The van der Waals surface area contributed by atoms with Gasteiger partial charge in [0.2, 0.25) is 0 Å². The molecule has 2 heterocycles. The van der Waals surface area contributed by atoms with Crippen LogP contribution in [0.4, 0.5) is 5.69 Å². The van der Waals surface area contributed by atoms with Crippen LogP contribution < -0.4 is 10.1 Å². The monoisotopic (exact) mass is 279 g/mol. The van der Waals surface area contributed by atoms with Crippen molar-refractivity contribution in [2.75, 3.05) is 11.9 Å². The van der Waals surface area contributed by atoms with Crippen LogP contribution in [-0.2, 0) is 13.0 Å². The van der Waals surface area contributed by atoms with E-state index in [0.717, 1.165) is 42.4 Å². The Kier molecular flexibility index (Phi) is 2.85. The summed E-state index contributed by atoms with van der Waals surface area (Å²) in [4.78, 5) is 0. The van der Waals surface area contributed by atoms with Crippen molar-refractivity contribution in [1.29, 1.82) is 0 Å². The highest BCUT2D eigenvalue weighted by molar-refractivity contribution is 5.82. The first-order chi connectivity index (χ1) is 10.3. The van der Waals surface area contributed by atoms with Crippen LogP contribution >= 0.6 is 0 Å². The highest BCUT2D eigenvalue weighted by atomic mass is 16.5. The predicted molar refractivity (Wildman–Crippen MR) is 83.9 cm³/mol. The van der Waals surface area contributed by atoms with E-state index in [1.807, 2.05) is 31.2 Å². The molecule has 0 spiro atoms. The van der Waals surface area contributed by atoms with Gasteiger partial charge in [-0.3, -0.25) is 0 Å². The van der Waals surface area contributed by atoms with E-state index < -0.39 is 0 Å². The molecule has 1 aromatic heterocycles. The Labute approximate surface area is 123 Å². The zero-order valence-electron chi connectivity index (χ0n) is 12.0. The lowest BCUT2D eigenvalue weighted by Crippen LogP contribution is -2.00. The third kappa shape index (κ3) is 2.15. The molecular formula is C18H17NO2. The lowest BCUT2D eigenvalue weighted by Gasteiger charge is -2.08. The van der Waals surface area contributed by atoms with Gasteiger partial charge in [-0.25, -0.2) is 0 Å². The van der Waals surface area contributed by atoms with Crippen LogP contribution in [0.5, 0.6) is 5.75 Å². The number of benzene rings is 2. The average molecular weight is 279 g/mol. The van der Waals surface area contributed by atoms with Crippen molar-refractivity contribution in [3.05, 3.63) is 59.4 Å². The number of hydrogen-bond donors (Lipinski definition) is 1. The van der Waals surface area contributed by atoms with Crippen molar-refractivity contribution in [3.63, 3.8) is 0 Å². The fraction of sp³-hybridized carbons (Fsp3) is 0.222. The normalized spacial score (nSPS) is 13.2. The van der Waals surface area contributed by atoms with Gasteiger partial charge in [0.15, 0.2) is 0 Å². The Morgan fingerprint density at radius 1 is 1.14 bits per heavy atom. The highest BCUT2D eigenvalue weighted by Gasteiger charge is 2.13. The molecule has 0 radical (unpaired) electrons. The number of aryl methyl sites for hydroxylation is 1. The van der Waals surface area contributed by atoms with Gasteiger partial charge in [-0.2, -0.15) is 0 Å². The summed E-state index contributed by atoms with van der Waals surface area (Å²) in [5, 5.41) is 4.68. The van der Waals surface area contributed by atoms with Gasteiger partial charge < -0.3 is 14.5 Å². The molecule has 3 heteroatoms. The van der Waals surface area contributed by atoms with Gasteiger partial charge in [0.05, 0.1) is 6.61 Å². The largest absolute Gasteiger partial charge is 0.493 e. The number of furan rings is 1. The fourth-order valence-corrected chi connectivity index (χ4v) is 2.93. The third-order valence-corrected chi connectivity index (χ3v) is 4.06. The summed E-state index contributed by atoms with van der Waals surface area (Å²) in [7, 11) is 0. The molecule has 1 aliphatic heterocycles. The van der Waals surface area contributed by atoms with Crippen molar-refractivity contribution in [1.82, 2.24) is 0 Å². The molecule has 21 heavy (non-hydrogen) atoms. The SMILES string of the molecule is Cc1oc2ccccc2c1CNc1ccc2c(c1)CCO2. The summed E-state index contributed by atoms with van der Waals surface area (Å²) in [5.41, 5.74) is 4.59. The van der Waals surface area contributed by atoms with Gasteiger partial charge in [-0.15, -0.1) is 0 Å². The molecule has 3 nitrogen and oxygen atoms in total. The van der Waals surface area contributed by atoms with Crippen molar-refractivity contribution < 1.29 is 9.15 Å². The molecule has 0 saturated carbocycles. The van der Waals surface area contributed by atoms with Crippen LogP contribution in [0.25, 0.3) is 11.0 Å². The molecule has 3 aromatic rings. The minimum Gasteiger partial charge on any atom is -0.493 e. The Morgan fingerprint density at radius 3 is 3.00 bits per heavy atom. The Hall–Kier alpha value is -2.42. The van der Waals surface area contributed by atoms with E-state index in [2.05, 4.69) is 23.5 Å². The Morgan fingerprint density at radius 2 is 2.05 bits per heavy atom. The lowest BCUT2D eigenvalue weighted by atomic mass is 10.1. The lowest BCUT2D eigenvalue weighted by molar-refractivity contribution is 0.357.